The molecule has 0 fully saturated rings. The number of unbranched alkanes of at least 4 members (excludes halogenated alkanes) is 6. The summed E-state index contributed by atoms with van der Waals surface area (Å²) in [7, 11) is 0. The molecular weight excluding hydrogens is 190 g/mol. The maximum absolute atomic E-state index is 5.55. The Morgan fingerprint density at radius 1 is 1.00 bits per heavy atom. The molecule has 0 aromatic carbocycles. The molecule has 0 saturated heterocycles. The maximum Gasteiger partial charge on any atom is 0.191 e. The number of nitrogen functional groups attached to an aromatic ring is 1. The van der Waals surface area contributed by atoms with Gasteiger partial charge >= 0.3 is 0 Å². The van der Waals surface area contributed by atoms with E-state index in [-0.39, 0.29) is 0 Å². The monoisotopic (exact) mass is 211 g/mol. The van der Waals surface area contributed by atoms with Crippen molar-refractivity contribution in [2.24, 2.45) is 0 Å². The van der Waals surface area contributed by atoms with Crippen molar-refractivity contribution in [1.29, 1.82) is 0 Å². The normalized spacial score (nSPS) is 10.7. The molecule has 0 bridgehead atoms. The molecule has 0 aliphatic rings. The van der Waals surface area contributed by atoms with Gasteiger partial charge in [-0.05, 0) is 18.0 Å². The van der Waals surface area contributed by atoms with Crippen LogP contribution >= 0.6 is 0 Å². The minimum atomic E-state index is 0.445. The molecule has 0 radical (unpaired) electrons. The number of aryl methyl sites for hydroxylation is 1. The Morgan fingerprint density at radius 2 is 1.67 bits per heavy atom. The van der Waals surface area contributed by atoms with Gasteiger partial charge in [0.1, 0.15) is 5.69 Å². The second-order valence-electron chi connectivity index (χ2n) is 3.97. The molecule has 0 unspecified atom stereocenters. The second kappa shape index (κ2) is 7.26. The van der Waals surface area contributed by atoms with Gasteiger partial charge in [0, 0.05) is 0 Å². The molecule has 2 N–H and O–H groups in total. The first-order valence-electron chi connectivity index (χ1n) is 5.91. The third kappa shape index (κ3) is 4.81. The first-order chi connectivity index (χ1) is 7.34. The summed E-state index contributed by atoms with van der Waals surface area (Å²) >= 11 is 0. The third-order valence-electron chi connectivity index (χ3n) is 2.60. The van der Waals surface area contributed by atoms with Crippen molar-refractivity contribution in [3.8, 4) is 0 Å². The Hall–Kier alpha value is -1.06. The van der Waals surface area contributed by atoms with Crippen LogP contribution in [0.15, 0.2) is 4.63 Å². The molecule has 86 valence electrons. The predicted octanol–water partition coefficient (Wildman–Crippen LogP) is 2.94. The van der Waals surface area contributed by atoms with E-state index in [0.717, 1.165) is 18.5 Å². The molecule has 15 heavy (non-hydrogen) atoms. The fourth-order valence-electron chi connectivity index (χ4n) is 1.64. The van der Waals surface area contributed by atoms with Crippen LogP contribution in [0.3, 0.4) is 0 Å². The van der Waals surface area contributed by atoms with Crippen molar-refractivity contribution in [3.05, 3.63) is 5.69 Å². The van der Waals surface area contributed by atoms with Crippen molar-refractivity contribution in [2.45, 2.75) is 58.3 Å². The number of hydrogen-bond acceptors (Lipinski definition) is 4. The Morgan fingerprint density at radius 3 is 2.27 bits per heavy atom. The summed E-state index contributed by atoms with van der Waals surface area (Å²) in [5, 5.41) is 7.30. The molecule has 0 saturated carbocycles. The summed E-state index contributed by atoms with van der Waals surface area (Å²) in [5.41, 5.74) is 6.36. The fraction of sp³-hybridized carbons (Fsp3) is 0.818. The Bertz CT molecular complexity index is 260. The molecule has 0 atom stereocenters. The lowest BCUT2D eigenvalue weighted by molar-refractivity contribution is 0.304. The van der Waals surface area contributed by atoms with Crippen LogP contribution in [0.5, 0.6) is 0 Å². The maximum atomic E-state index is 5.55. The van der Waals surface area contributed by atoms with E-state index in [4.69, 9.17) is 5.73 Å². The number of rotatable bonds is 8. The van der Waals surface area contributed by atoms with Gasteiger partial charge in [0.25, 0.3) is 0 Å². The molecule has 1 aromatic heterocycles. The smallest absolute Gasteiger partial charge is 0.191 e. The van der Waals surface area contributed by atoms with E-state index in [0.29, 0.717) is 5.82 Å². The van der Waals surface area contributed by atoms with Crippen molar-refractivity contribution in [3.63, 3.8) is 0 Å². The van der Waals surface area contributed by atoms with E-state index >= 15 is 0 Å². The Balaban J connectivity index is 1.96. The quantitative estimate of drug-likeness (QED) is 0.671. The number of nitrogens with zero attached hydrogens (tertiary/aromatic N) is 2. The molecule has 0 amide bonds. The summed E-state index contributed by atoms with van der Waals surface area (Å²) in [6.45, 7) is 2.24. The topological polar surface area (TPSA) is 64.9 Å². The van der Waals surface area contributed by atoms with E-state index in [1.54, 1.807) is 0 Å². The number of aromatic nitrogens is 2. The second-order valence-corrected chi connectivity index (χ2v) is 3.97. The zero-order chi connectivity index (χ0) is 10.9. The lowest BCUT2D eigenvalue weighted by Crippen LogP contribution is -1.93. The molecule has 1 rings (SSSR count). The first kappa shape index (κ1) is 12.0. The highest BCUT2D eigenvalue weighted by Crippen LogP contribution is 2.11. The van der Waals surface area contributed by atoms with Gasteiger partial charge in [0.15, 0.2) is 5.82 Å². The molecule has 1 heterocycles. The summed E-state index contributed by atoms with van der Waals surface area (Å²) in [6.07, 6.45) is 9.96. The van der Waals surface area contributed by atoms with Crippen molar-refractivity contribution in [2.75, 3.05) is 5.73 Å². The SMILES string of the molecule is CCCCCCCCCc1nonc1N. The summed E-state index contributed by atoms with van der Waals surface area (Å²) in [4.78, 5) is 0. The van der Waals surface area contributed by atoms with Gasteiger partial charge in [-0.25, -0.2) is 4.63 Å². The van der Waals surface area contributed by atoms with E-state index < -0.39 is 0 Å². The largest absolute Gasteiger partial charge is 0.379 e. The number of nitrogens with two attached hydrogens (primary N) is 1. The van der Waals surface area contributed by atoms with Gasteiger partial charge in [-0.1, -0.05) is 50.6 Å². The van der Waals surface area contributed by atoms with E-state index in [1.807, 2.05) is 0 Å². The van der Waals surface area contributed by atoms with Gasteiger partial charge < -0.3 is 5.73 Å². The summed E-state index contributed by atoms with van der Waals surface area (Å²) in [5.74, 6) is 0.445. The lowest BCUT2D eigenvalue weighted by atomic mass is 10.1. The first-order valence-corrected chi connectivity index (χ1v) is 5.91. The molecule has 0 spiro atoms. The number of anilines is 1. The molecule has 4 heteroatoms. The van der Waals surface area contributed by atoms with Gasteiger partial charge in [0.2, 0.25) is 0 Å². The van der Waals surface area contributed by atoms with Crippen LogP contribution in [0.25, 0.3) is 0 Å². The van der Waals surface area contributed by atoms with Gasteiger partial charge in [-0.3, -0.25) is 0 Å². The Kier molecular flexibility index (Phi) is 5.81. The third-order valence-corrected chi connectivity index (χ3v) is 2.60. The average Bonchev–Trinajstić information content (AvgIpc) is 2.63. The Labute approximate surface area is 91.2 Å². The van der Waals surface area contributed by atoms with E-state index in [1.165, 1.54) is 38.5 Å². The average molecular weight is 211 g/mol. The van der Waals surface area contributed by atoms with Crippen LogP contribution < -0.4 is 5.73 Å². The van der Waals surface area contributed by atoms with Crippen LogP contribution in [0.1, 0.15) is 57.6 Å². The van der Waals surface area contributed by atoms with Crippen LogP contribution in [0, 0.1) is 0 Å². The molecular formula is C11H21N3O. The van der Waals surface area contributed by atoms with Crippen molar-refractivity contribution < 1.29 is 4.63 Å². The molecule has 1 aromatic rings. The molecule has 0 aliphatic heterocycles. The standard InChI is InChI=1S/C11H21N3O/c1-2-3-4-5-6-7-8-9-10-11(12)14-15-13-10/h2-9H2,1H3,(H2,12,14). The van der Waals surface area contributed by atoms with Crippen LogP contribution in [-0.2, 0) is 6.42 Å². The molecule has 0 aliphatic carbocycles. The lowest BCUT2D eigenvalue weighted by Gasteiger charge is -1.99. The highest BCUT2D eigenvalue weighted by Gasteiger charge is 2.04. The van der Waals surface area contributed by atoms with E-state index in [9.17, 15) is 0 Å². The fourth-order valence-corrected chi connectivity index (χ4v) is 1.64. The van der Waals surface area contributed by atoms with Crippen molar-refractivity contribution >= 4 is 5.82 Å². The van der Waals surface area contributed by atoms with Gasteiger partial charge in [-0.15, -0.1) is 0 Å². The highest BCUT2D eigenvalue weighted by molar-refractivity contribution is 5.30. The van der Waals surface area contributed by atoms with Gasteiger partial charge in [-0.2, -0.15) is 0 Å². The zero-order valence-electron chi connectivity index (χ0n) is 9.54. The van der Waals surface area contributed by atoms with Crippen LogP contribution in [-0.4, -0.2) is 10.3 Å². The minimum absolute atomic E-state index is 0.445. The van der Waals surface area contributed by atoms with Crippen molar-refractivity contribution in [1.82, 2.24) is 10.3 Å². The summed E-state index contributed by atoms with van der Waals surface area (Å²) < 4.78 is 4.53. The summed E-state index contributed by atoms with van der Waals surface area (Å²) in [6, 6.07) is 0. The predicted molar refractivity (Wildman–Crippen MR) is 60.4 cm³/mol. The minimum Gasteiger partial charge on any atom is -0.379 e. The van der Waals surface area contributed by atoms with Crippen LogP contribution in [0.2, 0.25) is 0 Å². The van der Waals surface area contributed by atoms with Crippen LogP contribution in [0.4, 0.5) is 5.82 Å². The zero-order valence-corrected chi connectivity index (χ0v) is 9.54. The highest BCUT2D eigenvalue weighted by atomic mass is 16.6. The molecule has 4 nitrogen and oxygen atoms in total. The van der Waals surface area contributed by atoms with Gasteiger partial charge in [0.05, 0.1) is 0 Å². The number of hydrogen-bond donors (Lipinski definition) is 1. The van der Waals surface area contributed by atoms with E-state index in [2.05, 4.69) is 21.9 Å².